The molecular formula is C61H59N. The molecule has 0 N–H and O–H groups in total. The van der Waals surface area contributed by atoms with Crippen molar-refractivity contribution < 1.29 is 0 Å². The predicted octanol–water partition coefficient (Wildman–Crippen LogP) is 16.0. The first kappa shape index (κ1) is 39.9. The minimum absolute atomic E-state index is 0.327. The highest BCUT2D eigenvalue weighted by molar-refractivity contribution is 5.99. The number of benzene rings is 6. The molecule has 0 spiro atoms. The lowest BCUT2D eigenvalue weighted by atomic mass is 9.69. The molecule has 0 heterocycles. The minimum atomic E-state index is 0.327. The zero-order valence-corrected chi connectivity index (χ0v) is 36.2. The van der Waals surface area contributed by atoms with Gasteiger partial charge in [0.15, 0.2) is 0 Å². The fourth-order valence-corrected chi connectivity index (χ4v) is 11.1. The fourth-order valence-electron chi connectivity index (χ4n) is 11.1. The Labute approximate surface area is 370 Å². The molecule has 1 nitrogen and oxygen atoms in total. The Morgan fingerprint density at radius 1 is 0.532 bits per heavy atom. The van der Waals surface area contributed by atoms with Crippen molar-refractivity contribution in [2.24, 2.45) is 5.92 Å². The lowest BCUT2D eigenvalue weighted by Crippen LogP contribution is -2.46. The van der Waals surface area contributed by atoms with Crippen molar-refractivity contribution in [3.8, 4) is 11.1 Å². The van der Waals surface area contributed by atoms with E-state index < -0.39 is 0 Å². The SMILES string of the molecule is CC1/C=C\C=C/C/C(c2ccc(C3CCC(N(c4cc5c(c6ccccc46)CCC=C5)C4C=CC(c5ccc(-c6ccccc6)cc5)CC4)C[C@@H]3c3ccccc3)cc2)=C\C=C/1. The van der Waals surface area contributed by atoms with Gasteiger partial charge in [-0.2, -0.15) is 0 Å². The van der Waals surface area contributed by atoms with Crippen LogP contribution in [-0.2, 0) is 6.42 Å². The van der Waals surface area contributed by atoms with Crippen molar-refractivity contribution in [3.63, 3.8) is 0 Å². The van der Waals surface area contributed by atoms with Gasteiger partial charge < -0.3 is 4.90 Å². The molecule has 6 aromatic rings. The Kier molecular flexibility index (Phi) is 11.9. The van der Waals surface area contributed by atoms with Crippen molar-refractivity contribution in [1.29, 1.82) is 0 Å². The summed E-state index contributed by atoms with van der Waals surface area (Å²) in [7, 11) is 0. The second-order valence-corrected chi connectivity index (χ2v) is 18.1. The first-order valence-corrected chi connectivity index (χ1v) is 23.4. The molecule has 6 aromatic carbocycles. The molecule has 62 heavy (non-hydrogen) atoms. The van der Waals surface area contributed by atoms with E-state index in [1.165, 1.54) is 66.5 Å². The third kappa shape index (κ3) is 8.51. The van der Waals surface area contributed by atoms with E-state index in [0.29, 0.717) is 35.8 Å². The van der Waals surface area contributed by atoms with Gasteiger partial charge in [-0.1, -0.05) is 207 Å². The largest absolute Gasteiger partial charge is 0.362 e. The molecule has 1 fully saturated rings. The Hall–Kier alpha value is -6.18. The fraction of sp³-hybridized carbons (Fsp3) is 0.246. The molecule has 0 saturated heterocycles. The third-order valence-corrected chi connectivity index (χ3v) is 14.3. The quantitative estimate of drug-likeness (QED) is 0.139. The molecule has 0 amide bonds. The van der Waals surface area contributed by atoms with Crippen LogP contribution >= 0.6 is 0 Å². The summed E-state index contributed by atoms with van der Waals surface area (Å²) < 4.78 is 0. The lowest BCUT2D eigenvalue weighted by Gasteiger charge is -2.47. The number of aryl methyl sites for hydroxylation is 1. The number of fused-ring (bicyclic) bond motifs is 3. The number of nitrogens with zero attached hydrogens (tertiary/aromatic N) is 1. The molecule has 5 unspecified atom stereocenters. The van der Waals surface area contributed by atoms with E-state index in [4.69, 9.17) is 0 Å². The molecule has 1 saturated carbocycles. The van der Waals surface area contributed by atoms with Gasteiger partial charge in [-0.3, -0.25) is 0 Å². The monoisotopic (exact) mass is 805 g/mol. The smallest absolute Gasteiger partial charge is 0.0476 e. The van der Waals surface area contributed by atoms with Gasteiger partial charge >= 0.3 is 0 Å². The molecule has 4 aliphatic rings. The maximum Gasteiger partial charge on any atom is 0.0476 e. The molecule has 308 valence electrons. The van der Waals surface area contributed by atoms with Crippen molar-refractivity contribution in [1.82, 2.24) is 0 Å². The summed E-state index contributed by atoms with van der Waals surface area (Å²) >= 11 is 0. The summed E-state index contributed by atoms with van der Waals surface area (Å²) in [6.45, 7) is 2.24. The molecule has 10 rings (SSSR count). The zero-order chi connectivity index (χ0) is 41.7. The van der Waals surface area contributed by atoms with Crippen LogP contribution in [0.2, 0.25) is 0 Å². The van der Waals surface area contributed by atoms with Gasteiger partial charge in [0.2, 0.25) is 0 Å². The third-order valence-electron chi connectivity index (χ3n) is 14.3. The van der Waals surface area contributed by atoms with Crippen LogP contribution in [0.25, 0.3) is 33.5 Å². The van der Waals surface area contributed by atoms with Gasteiger partial charge in [-0.05, 0) is 131 Å². The highest BCUT2D eigenvalue weighted by Crippen LogP contribution is 2.49. The summed E-state index contributed by atoms with van der Waals surface area (Å²) in [6, 6.07) is 53.8. The minimum Gasteiger partial charge on any atom is -0.362 e. The average molecular weight is 806 g/mol. The highest BCUT2D eigenvalue weighted by Gasteiger charge is 2.38. The van der Waals surface area contributed by atoms with Crippen molar-refractivity contribution in [2.75, 3.05) is 4.90 Å². The second-order valence-electron chi connectivity index (χ2n) is 18.1. The van der Waals surface area contributed by atoms with Crippen LogP contribution in [0.1, 0.15) is 103 Å². The van der Waals surface area contributed by atoms with E-state index in [9.17, 15) is 0 Å². The van der Waals surface area contributed by atoms with E-state index >= 15 is 0 Å². The van der Waals surface area contributed by atoms with Crippen LogP contribution in [0.3, 0.4) is 0 Å². The van der Waals surface area contributed by atoms with E-state index in [1.54, 1.807) is 0 Å². The predicted molar refractivity (Wildman–Crippen MR) is 266 cm³/mol. The second kappa shape index (κ2) is 18.4. The standard InChI is InChI=1S/C61H59N/c1-44-16-5-2-6-20-46(24-15-17-44)48-32-34-52(35-33-48)57-41-40-55(43-60(57)51-21-9-4-10-22-51)62(61-42-53-23-11-12-25-56(53)58-26-13-14-27-59(58)61)54-38-36-50(37-39-54)49-30-28-47(29-31-49)45-18-7-3-8-19-45/h2-11,13-19,21-24,26-36,38,42,44,50,54-55,57,60H,12,20,25,37,39-41,43H2,1H3/b6-2-,16-5-,17-15-,46-24+/t44?,50?,54?,55?,57?,60-/m1/s1. The van der Waals surface area contributed by atoms with Crippen LogP contribution < -0.4 is 4.90 Å². The number of hydrogen-bond donors (Lipinski definition) is 0. The van der Waals surface area contributed by atoms with Gasteiger partial charge in [0.05, 0.1) is 0 Å². The van der Waals surface area contributed by atoms with E-state index in [2.05, 4.69) is 218 Å². The first-order valence-electron chi connectivity index (χ1n) is 23.4. The molecular weight excluding hydrogens is 747 g/mol. The van der Waals surface area contributed by atoms with Gasteiger partial charge in [-0.25, -0.2) is 0 Å². The molecule has 0 aliphatic heterocycles. The van der Waals surface area contributed by atoms with Crippen LogP contribution in [-0.4, -0.2) is 12.1 Å². The lowest BCUT2D eigenvalue weighted by molar-refractivity contribution is 0.320. The summed E-state index contributed by atoms with van der Waals surface area (Å²) in [5.41, 5.74) is 13.9. The Morgan fingerprint density at radius 2 is 1.23 bits per heavy atom. The van der Waals surface area contributed by atoms with E-state index in [-0.39, 0.29) is 0 Å². The Balaban J connectivity index is 0.986. The summed E-state index contributed by atoms with van der Waals surface area (Å²) in [4.78, 5) is 2.91. The van der Waals surface area contributed by atoms with Crippen molar-refractivity contribution >= 4 is 28.1 Å². The summed E-state index contributed by atoms with van der Waals surface area (Å²) in [5.74, 6) is 1.73. The molecule has 1 heteroatoms. The highest BCUT2D eigenvalue weighted by atomic mass is 15.2. The number of rotatable bonds is 8. The topological polar surface area (TPSA) is 3.24 Å². The first-order chi connectivity index (χ1) is 30.7. The van der Waals surface area contributed by atoms with Crippen LogP contribution in [0, 0.1) is 5.92 Å². The zero-order valence-electron chi connectivity index (χ0n) is 36.2. The van der Waals surface area contributed by atoms with Crippen LogP contribution in [0.4, 0.5) is 5.69 Å². The number of allylic oxidation sites excluding steroid dienone is 10. The number of anilines is 1. The number of hydrogen-bond acceptors (Lipinski definition) is 1. The van der Waals surface area contributed by atoms with Gasteiger partial charge in [0.25, 0.3) is 0 Å². The maximum atomic E-state index is 2.91. The van der Waals surface area contributed by atoms with Crippen LogP contribution in [0.15, 0.2) is 200 Å². The Bertz CT molecular complexity index is 2650. The molecule has 4 aliphatic carbocycles. The summed E-state index contributed by atoms with van der Waals surface area (Å²) in [5, 5.41) is 2.84. The van der Waals surface area contributed by atoms with E-state index in [1.807, 2.05) is 0 Å². The van der Waals surface area contributed by atoms with Gasteiger partial charge in [0, 0.05) is 29.1 Å². The Morgan fingerprint density at radius 3 is 2.02 bits per heavy atom. The maximum absolute atomic E-state index is 2.91. The van der Waals surface area contributed by atoms with Crippen LogP contribution in [0.5, 0.6) is 0 Å². The van der Waals surface area contributed by atoms with Gasteiger partial charge in [-0.15, -0.1) is 0 Å². The molecule has 6 atom stereocenters. The molecule has 0 aromatic heterocycles. The summed E-state index contributed by atoms with van der Waals surface area (Å²) in [6.07, 6.45) is 34.5. The normalized spacial score (nSPS) is 25.9. The van der Waals surface area contributed by atoms with Gasteiger partial charge in [0.1, 0.15) is 0 Å². The average Bonchev–Trinajstić information content (AvgIpc) is 3.34. The molecule has 0 bridgehead atoms. The van der Waals surface area contributed by atoms with Crippen molar-refractivity contribution in [3.05, 3.63) is 234 Å². The van der Waals surface area contributed by atoms with E-state index in [0.717, 1.165) is 51.4 Å². The van der Waals surface area contributed by atoms with Crippen molar-refractivity contribution in [2.45, 2.75) is 88.1 Å². The molecule has 0 radical (unpaired) electrons.